The van der Waals surface area contributed by atoms with Crippen LogP contribution in [0.15, 0.2) is 42.5 Å². The molecule has 0 saturated heterocycles. The zero-order valence-corrected chi connectivity index (χ0v) is 9.90. The fourth-order valence-electron chi connectivity index (χ4n) is 1.45. The van der Waals surface area contributed by atoms with Crippen LogP contribution < -0.4 is 4.74 Å². The normalized spacial score (nSPS) is 9.29. The van der Waals surface area contributed by atoms with E-state index in [4.69, 9.17) is 4.74 Å². The fourth-order valence-corrected chi connectivity index (χ4v) is 1.45. The summed E-state index contributed by atoms with van der Waals surface area (Å²) in [6, 6.07) is 13.5. The van der Waals surface area contributed by atoms with Gasteiger partial charge in [0, 0.05) is 11.3 Å². The van der Waals surface area contributed by atoms with Crippen LogP contribution in [0.3, 0.4) is 0 Å². The lowest BCUT2D eigenvalue weighted by atomic mass is 10.2. The number of aryl methyl sites for hydroxylation is 1. The van der Waals surface area contributed by atoms with E-state index < -0.39 is 0 Å². The first-order chi connectivity index (χ1) is 8.28. The van der Waals surface area contributed by atoms with Crippen molar-refractivity contribution in [2.45, 2.75) is 6.92 Å². The Balaban J connectivity index is 2.26. The first-order valence-electron chi connectivity index (χ1n) is 5.37. The number of methoxy groups -OCH3 is 1. The van der Waals surface area contributed by atoms with Gasteiger partial charge in [-0.25, -0.2) is 4.98 Å². The Morgan fingerprint density at radius 2 is 1.94 bits per heavy atom. The molecule has 17 heavy (non-hydrogen) atoms. The summed E-state index contributed by atoms with van der Waals surface area (Å²) >= 11 is 0. The zero-order chi connectivity index (χ0) is 12.1. The molecule has 0 aliphatic heterocycles. The van der Waals surface area contributed by atoms with Crippen LogP contribution >= 0.6 is 0 Å². The number of hydrogen-bond acceptors (Lipinski definition) is 2. The maximum atomic E-state index is 5.14. The highest BCUT2D eigenvalue weighted by Crippen LogP contribution is 2.11. The Labute approximate surface area is 101 Å². The molecule has 0 spiro atoms. The maximum Gasteiger partial charge on any atom is 0.120 e. The zero-order valence-electron chi connectivity index (χ0n) is 9.90. The Morgan fingerprint density at radius 1 is 1.12 bits per heavy atom. The van der Waals surface area contributed by atoms with Gasteiger partial charge < -0.3 is 4.74 Å². The summed E-state index contributed by atoms with van der Waals surface area (Å²) in [4.78, 5) is 4.33. The van der Waals surface area contributed by atoms with Crippen molar-refractivity contribution in [2.24, 2.45) is 0 Å². The van der Waals surface area contributed by atoms with Crippen LogP contribution in [0, 0.1) is 18.8 Å². The van der Waals surface area contributed by atoms with Crippen molar-refractivity contribution in [1.82, 2.24) is 4.98 Å². The van der Waals surface area contributed by atoms with Crippen LogP contribution in [0.5, 0.6) is 5.75 Å². The SMILES string of the molecule is Cc1cccc(C#Cc2cccc(O[14CH3])c2)n1. The lowest BCUT2D eigenvalue weighted by Gasteiger charge is -1.98. The van der Waals surface area contributed by atoms with Gasteiger partial charge in [0.05, 0.1) is 7.11 Å². The smallest absolute Gasteiger partial charge is 0.120 e. The molecule has 0 fully saturated rings. The number of nitrogens with zero attached hydrogens (tertiary/aromatic N) is 1. The van der Waals surface area contributed by atoms with E-state index in [1.54, 1.807) is 7.11 Å². The standard InChI is InChI=1S/C15H13NO/c1-12-5-3-7-14(16-12)10-9-13-6-4-8-15(11-13)17-2/h3-8,11H,1-2H3/i2+2. The third-order valence-corrected chi connectivity index (χ3v) is 2.29. The van der Waals surface area contributed by atoms with Crippen LogP contribution in [-0.4, -0.2) is 12.1 Å². The predicted molar refractivity (Wildman–Crippen MR) is 67.9 cm³/mol. The van der Waals surface area contributed by atoms with E-state index in [1.807, 2.05) is 49.4 Å². The van der Waals surface area contributed by atoms with Crippen molar-refractivity contribution in [3.63, 3.8) is 0 Å². The Bertz CT molecular complexity index is 579. The molecule has 1 aromatic heterocycles. The molecular formula is C15H13NO. The second kappa shape index (κ2) is 5.18. The van der Waals surface area contributed by atoms with Gasteiger partial charge in [-0.1, -0.05) is 18.1 Å². The molecule has 1 aromatic carbocycles. The van der Waals surface area contributed by atoms with Gasteiger partial charge in [-0.3, -0.25) is 0 Å². The third kappa shape index (κ3) is 3.09. The summed E-state index contributed by atoms with van der Waals surface area (Å²) in [6.45, 7) is 1.96. The molecule has 0 aliphatic rings. The Hall–Kier alpha value is -2.27. The van der Waals surface area contributed by atoms with Crippen molar-refractivity contribution in [1.29, 1.82) is 0 Å². The maximum absolute atomic E-state index is 5.14. The van der Waals surface area contributed by atoms with Gasteiger partial charge in [-0.2, -0.15) is 0 Å². The van der Waals surface area contributed by atoms with E-state index in [0.29, 0.717) is 0 Å². The molecule has 0 atom stereocenters. The second-order valence-electron chi connectivity index (χ2n) is 3.65. The largest absolute Gasteiger partial charge is 0.497 e. The van der Waals surface area contributed by atoms with Crippen LogP contribution in [0.4, 0.5) is 0 Å². The summed E-state index contributed by atoms with van der Waals surface area (Å²) < 4.78 is 5.14. The highest BCUT2D eigenvalue weighted by Gasteiger charge is 1.92. The van der Waals surface area contributed by atoms with Gasteiger partial charge in [-0.15, -0.1) is 0 Å². The van der Waals surface area contributed by atoms with Crippen molar-refractivity contribution in [2.75, 3.05) is 7.11 Å². The minimum Gasteiger partial charge on any atom is -0.497 e. The highest BCUT2D eigenvalue weighted by atomic mass is 16.6. The number of aromatic nitrogens is 1. The van der Waals surface area contributed by atoms with Gasteiger partial charge >= 0.3 is 0 Å². The number of ether oxygens (including phenoxy) is 1. The summed E-state index contributed by atoms with van der Waals surface area (Å²) in [6.07, 6.45) is 0. The minimum atomic E-state index is 0.785. The molecule has 0 aliphatic carbocycles. The summed E-state index contributed by atoms with van der Waals surface area (Å²) in [5.41, 5.74) is 2.68. The first kappa shape index (κ1) is 11.2. The molecule has 0 amide bonds. The van der Waals surface area contributed by atoms with Crippen LogP contribution in [0.2, 0.25) is 0 Å². The average Bonchev–Trinajstić information content (AvgIpc) is 2.37. The first-order valence-corrected chi connectivity index (χ1v) is 5.37. The van der Waals surface area contributed by atoms with E-state index in [9.17, 15) is 0 Å². The van der Waals surface area contributed by atoms with Gasteiger partial charge in [0.2, 0.25) is 0 Å². The molecule has 0 saturated carbocycles. The lowest BCUT2D eigenvalue weighted by Crippen LogP contribution is -1.85. The van der Waals surface area contributed by atoms with Crippen molar-refractivity contribution >= 4 is 0 Å². The van der Waals surface area contributed by atoms with Gasteiger partial charge in [0.15, 0.2) is 0 Å². The second-order valence-corrected chi connectivity index (χ2v) is 3.65. The molecule has 0 unspecified atom stereocenters. The third-order valence-electron chi connectivity index (χ3n) is 2.29. The predicted octanol–water partition coefficient (Wildman–Crippen LogP) is 2.80. The highest BCUT2D eigenvalue weighted by molar-refractivity contribution is 5.43. The fraction of sp³-hybridized carbons (Fsp3) is 0.133. The molecular weight excluding hydrogens is 212 g/mol. The molecule has 0 radical (unpaired) electrons. The van der Waals surface area contributed by atoms with E-state index in [-0.39, 0.29) is 0 Å². The Kier molecular flexibility index (Phi) is 3.42. The van der Waals surface area contributed by atoms with Crippen LogP contribution in [-0.2, 0) is 0 Å². The Morgan fingerprint density at radius 3 is 2.71 bits per heavy atom. The van der Waals surface area contributed by atoms with Gasteiger partial charge in [0.1, 0.15) is 11.4 Å². The van der Waals surface area contributed by atoms with Crippen molar-refractivity contribution in [3.05, 3.63) is 59.4 Å². The number of benzene rings is 1. The quantitative estimate of drug-likeness (QED) is 0.696. The molecule has 0 N–H and O–H groups in total. The van der Waals surface area contributed by atoms with Gasteiger partial charge in [0.25, 0.3) is 0 Å². The molecule has 2 aromatic rings. The lowest BCUT2D eigenvalue weighted by molar-refractivity contribution is 0.414. The van der Waals surface area contributed by atoms with Crippen molar-refractivity contribution in [3.8, 4) is 17.6 Å². The number of hydrogen-bond donors (Lipinski definition) is 0. The average molecular weight is 225 g/mol. The molecule has 84 valence electrons. The van der Waals surface area contributed by atoms with E-state index in [0.717, 1.165) is 22.7 Å². The number of rotatable bonds is 1. The topological polar surface area (TPSA) is 22.1 Å². The molecule has 2 nitrogen and oxygen atoms in total. The molecule has 0 bridgehead atoms. The summed E-state index contributed by atoms with van der Waals surface area (Å²) in [7, 11) is 1.65. The van der Waals surface area contributed by atoms with Crippen LogP contribution in [0.25, 0.3) is 0 Å². The van der Waals surface area contributed by atoms with Crippen molar-refractivity contribution < 1.29 is 4.74 Å². The van der Waals surface area contributed by atoms with Crippen LogP contribution in [0.1, 0.15) is 17.0 Å². The molecule has 2 heteroatoms. The summed E-state index contributed by atoms with van der Waals surface area (Å²) in [5, 5.41) is 0. The summed E-state index contributed by atoms with van der Waals surface area (Å²) in [5.74, 6) is 6.92. The van der Waals surface area contributed by atoms with E-state index in [2.05, 4.69) is 16.8 Å². The van der Waals surface area contributed by atoms with E-state index in [1.165, 1.54) is 0 Å². The number of pyridine rings is 1. The monoisotopic (exact) mass is 225 g/mol. The molecule has 2 rings (SSSR count). The van der Waals surface area contributed by atoms with Gasteiger partial charge in [-0.05, 0) is 43.2 Å². The molecule has 1 heterocycles. The van der Waals surface area contributed by atoms with E-state index >= 15 is 0 Å². The minimum absolute atomic E-state index is 0.785.